The Hall–Kier alpha value is -0.820. The molecule has 1 aromatic carbocycles. The highest BCUT2D eigenvalue weighted by atomic mass is 14.9. The smallest absolute Gasteiger partial charge is 0.0346 e. The summed E-state index contributed by atoms with van der Waals surface area (Å²) in [5.41, 5.74) is 4.25. The maximum Gasteiger partial charge on any atom is 0.0346 e. The fourth-order valence-corrected chi connectivity index (χ4v) is 2.24. The van der Waals surface area contributed by atoms with Gasteiger partial charge in [-0.1, -0.05) is 25.1 Å². The Morgan fingerprint density at radius 3 is 2.57 bits per heavy atom. The van der Waals surface area contributed by atoms with Crippen LogP contribution in [0.25, 0.3) is 0 Å². The lowest BCUT2D eigenvalue weighted by atomic mass is 9.94. The second kappa shape index (κ2) is 3.74. The van der Waals surface area contributed by atoms with Crippen molar-refractivity contribution >= 4 is 0 Å². The molecule has 1 fully saturated rings. The maximum absolute atomic E-state index is 3.57. The Bertz CT molecular complexity index is 330. The van der Waals surface area contributed by atoms with Crippen molar-refractivity contribution in [3.8, 4) is 0 Å². The Labute approximate surface area is 86.5 Å². The minimum absolute atomic E-state index is 0.578. The molecule has 14 heavy (non-hydrogen) atoms. The molecule has 1 aromatic rings. The van der Waals surface area contributed by atoms with E-state index < -0.39 is 0 Å². The summed E-state index contributed by atoms with van der Waals surface area (Å²) < 4.78 is 0. The minimum atomic E-state index is 0.578. The third-order valence-electron chi connectivity index (χ3n) is 3.42. The third kappa shape index (κ3) is 1.69. The molecule has 0 radical (unpaired) electrons. The molecular weight excluding hydrogens is 170 g/mol. The fourth-order valence-electron chi connectivity index (χ4n) is 2.24. The number of hydrogen-bond donors (Lipinski definition) is 1. The molecule has 0 amide bonds. The summed E-state index contributed by atoms with van der Waals surface area (Å²) in [5.74, 6) is 0.775. The molecule has 76 valence electrons. The number of hydrogen-bond acceptors (Lipinski definition) is 1. The van der Waals surface area contributed by atoms with E-state index in [4.69, 9.17) is 0 Å². The average Bonchev–Trinajstić information content (AvgIpc) is 2.57. The van der Waals surface area contributed by atoms with Gasteiger partial charge < -0.3 is 5.32 Å². The van der Waals surface area contributed by atoms with Crippen LogP contribution in [0.4, 0.5) is 0 Å². The number of benzene rings is 1. The van der Waals surface area contributed by atoms with Crippen molar-refractivity contribution < 1.29 is 0 Å². The topological polar surface area (TPSA) is 12.0 Å². The molecule has 1 aliphatic rings. The van der Waals surface area contributed by atoms with Gasteiger partial charge >= 0.3 is 0 Å². The summed E-state index contributed by atoms with van der Waals surface area (Å²) in [6.07, 6.45) is 1.30. The lowest BCUT2D eigenvalue weighted by Crippen LogP contribution is -2.16. The molecule has 0 aliphatic carbocycles. The highest BCUT2D eigenvalue weighted by Gasteiger charge is 2.23. The van der Waals surface area contributed by atoms with Gasteiger partial charge in [-0.15, -0.1) is 0 Å². The van der Waals surface area contributed by atoms with E-state index in [1.807, 2.05) is 0 Å². The molecule has 0 spiro atoms. The average molecular weight is 189 g/mol. The van der Waals surface area contributed by atoms with Crippen LogP contribution in [-0.2, 0) is 0 Å². The predicted octanol–water partition coefficient (Wildman–Crippen LogP) is 2.97. The van der Waals surface area contributed by atoms with E-state index in [1.54, 1.807) is 0 Å². The minimum Gasteiger partial charge on any atom is -0.310 e. The van der Waals surface area contributed by atoms with Crippen LogP contribution in [-0.4, -0.2) is 6.54 Å². The molecule has 0 saturated carbocycles. The van der Waals surface area contributed by atoms with Crippen LogP contribution in [0.5, 0.6) is 0 Å². The quantitative estimate of drug-likeness (QED) is 0.716. The molecule has 1 heterocycles. The van der Waals surface area contributed by atoms with Gasteiger partial charge in [0, 0.05) is 6.04 Å². The van der Waals surface area contributed by atoms with Gasteiger partial charge in [-0.3, -0.25) is 0 Å². The summed E-state index contributed by atoms with van der Waals surface area (Å²) in [7, 11) is 0. The summed E-state index contributed by atoms with van der Waals surface area (Å²) in [5, 5.41) is 3.57. The van der Waals surface area contributed by atoms with E-state index in [1.165, 1.54) is 29.7 Å². The zero-order chi connectivity index (χ0) is 10.1. The van der Waals surface area contributed by atoms with Crippen molar-refractivity contribution in [2.75, 3.05) is 6.54 Å². The van der Waals surface area contributed by atoms with E-state index in [0.29, 0.717) is 6.04 Å². The monoisotopic (exact) mass is 189 g/mol. The summed E-state index contributed by atoms with van der Waals surface area (Å²) in [4.78, 5) is 0. The van der Waals surface area contributed by atoms with E-state index in [-0.39, 0.29) is 0 Å². The maximum atomic E-state index is 3.57. The van der Waals surface area contributed by atoms with Crippen LogP contribution in [0.1, 0.15) is 36.1 Å². The summed E-state index contributed by atoms with van der Waals surface area (Å²) in [6, 6.07) is 7.41. The summed E-state index contributed by atoms with van der Waals surface area (Å²) in [6.45, 7) is 7.86. The Balaban J connectivity index is 2.28. The molecule has 1 N–H and O–H groups in total. The van der Waals surface area contributed by atoms with Crippen molar-refractivity contribution in [2.24, 2.45) is 5.92 Å². The van der Waals surface area contributed by atoms with E-state index in [9.17, 15) is 0 Å². The van der Waals surface area contributed by atoms with Gasteiger partial charge in [-0.2, -0.15) is 0 Å². The van der Waals surface area contributed by atoms with Gasteiger partial charge in [0.15, 0.2) is 0 Å². The van der Waals surface area contributed by atoms with Gasteiger partial charge in [0.2, 0.25) is 0 Å². The van der Waals surface area contributed by atoms with E-state index >= 15 is 0 Å². The van der Waals surface area contributed by atoms with Crippen molar-refractivity contribution in [3.63, 3.8) is 0 Å². The molecular formula is C13H19N. The van der Waals surface area contributed by atoms with Crippen LogP contribution in [0, 0.1) is 19.8 Å². The number of aryl methyl sites for hydroxylation is 2. The molecule has 1 saturated heterocycles. The first kappa shape index (κ1) is 9.72. The lowest BCUT2D eigenvalue weighted by Gasteiger charge is -2.17. The standard InChI is InChI=1S/C13H19N/c1-9-4-5-12(8-11(9)3)13-10(2)6-7-14-13/h4-5,8,10,13-14H,6-7H2,1-3H3/t10-,13-/m0/s1. The lowest BCUT2D eigenvalue weighted by molar-refractivity contribution is 0.503. The molecule has 2 rings (SSSR count). The van der Waals surface area contributed by atoms with Crippen molar-refractivity contribution in [1.82, 2.24) is 5.32 Å². The first-order chi connectivity index (χ1) is 6.68. The fraction of sp³-hybridized carbons (Fsp3) is 0.538. The van der Waals surface area contributed by atoms with E-state index in [2.05, 4.69) is 44.3 Å². The SMILES string of the molecule is Cc1ccc([C@H]2NCC[C@@H]2C)cc1C. The second-order valence-corrected chi connectivity index (χ2v) is 4.54. The molecule has 1 nitrogen and oxygen atoms in total. The predicted molar refractivity (Wildman–Crippen MR) is 60.4 cm³/mol. The molecule has 2 atom stereocenters. The first-order valence-corrected chi connectivity index (χ1v) is 5.49. The van der Waals surface area contributed by atoms with E-state index in [0.717, 1.165) is 5.92 Å². The summed E-state index contributed by atoms with van der Waals surface area (Å²) >= 11 is 0. The Morgan fingerprint density at radius 1 is 1.21 bits per heavy atom. The highest BCUT2D eigenvalue weighted by Crippen LogP contribution is 2.29. The largest absolute Gasteiger partial charge is 0.310 e. The molecule has 1 heteroatoms. The van der Waals surface area contributed by atoms with Crippen LogP contribution >= 0.6 is 0 Å². The van der Waals surface area contributed by atoms with Crippen molar-refractivity contribution in [3.05, 3.63) is 34.9 Å². The van der Waals surface area contributed by atoms with Gasteiger partial charge in [-0.25, -0.2) is 0 Å². The van der Waals surface area contributed by atoms with Crippen molar-refractivity contribution in [1.29, 1.82) is 0 Å². The molecule has 0 bridgehead atoms. The molecule has 0 unspecified atom stereocenters. The molecule has 0 aromatic heterocycles. The van der Waals surface area contributed by atoms with Gasteiger partial charge in [0.25, 0.3) is 0 Å². The second-order valence-electron chi connectivity index (χ2n) is 4.54. The van der Waals surface area contributed by atoms with Gasteiger partial charge in [-0.05, 0) is 49.4 Å². The Kier molecular flexibility index (Phi) is 2.60. The van der Waals surface area contributed by atoms with Crippen LogP contribution < -0.4 is 5.32 Å². The molecule has 1 aliphatic heterocycles. The van der Waals surface area contributed by atoms with Crippen molar-refractivity contribution in [2.45, 2.75) is 33.2 Å². The number of nitrogens with one attached hydrogen (secondary N) is 1. The normalized spacial score (nSPS) is 26.8. The third-order valence-corrected chi connectivity index (χ3v) is 3.42. The number of rotatable bonds is 1. The first-order valence-electron chi connectivity index (χ1n) is 5.49. The van der Waals surface area contributed by atoms with Crippen LogP contribution in [0.3, 0.4) is 0 Å². The van der Waals surface area contributed by atoms with Crippen LogP contribution in [0.2, 0.25) is 0 Å². The van der Waals surface area contributed by atoms with Gasteiger partial charge in [0.05, 0.1) is 0 Å². The zero-order valence-corrected chi connectivity index (χ0v) is 9.30. The highest BCUT2D eigenvalue weighted by molar-refractivity contribution is 5.32. The zero-order valence-electron chi connectivity index (χ0n) is 9.30. The van der Waals surface area contributed by atoms with Gasteiger partial charge in [0.1, 0.15) is 0 Å². The van der Waals surface area contributed by atoms with Crippen LogP contribution in [0.15, 0.2) is 18.2 Å². The Morgan fingerprint density at radius 2 is 2.00 bits per heavy atom.